The molecule has 0 saturated heterocycles. The molecule has 3 nitrogen and oxygen atoms in total. The lowest BCUT2D eigenvalue weighted by molar-refractivity contribution is 0.868. The van der Waals surface area contributed by atoms with E-state index in [9.17, 15) is 4.79 Å². The second kappa shape index (κ2) is 4.75. The standard InChI is InChI=1S/C10H13IN2O/c1-6(2)7-3-4-8(11)10(14)9(5-7)13-12/h3-6H,12H2,1-2H3,(H,13,14). The molecule has 0 aliphatic carbocycles. The van der Waals surface area contributed by atoms with Crippen LogP contribution < -0.4 is 16.7 Å². The molecule has 0 heterocycles. The summed E-state index contributed by atoms with van der Waals surface area (Å²) >= 11 is 2.01. The van der Waals surface area contributed by atoms with Gasteiger partial charge in [0, 0.05) is 0 Å². The second-order valence-electron chi connectivity index (χ2n) is 3.37. The van der Waals surface area contributed by atoms with Crippen molar-refractivity contribution in [1.82, 2.24) is 0 Å². The van der Waals surface area contributed by atoms with E-state index in [0.29, 0.717) is 15.2 Å². The summed E-state index contributed by atoms with van der Waals surface area (Å²) in [6.07, 6.45) is 0. The maximum Gasteiger partial charge on any atom is 0.216 e. The fourth-order valence-electron chi connectivity index (χ4n) is 1.12. The first-order valence-electron chi connectivity index (χ1n) is 4.36. The summed E-state index contributed by atoms with van der Waals surface area (Å²) in [5, 5.41) is 0. The number of nitrogen functional groups attached to an aromatic ring is 1. The third-order valence-corrected chi connectivity index (χ3v) is 2.87. The van der Waals surface area contributed by atoms with Crippen LogP contribution in [0.15, 0.2) is 23.0 Å². The Morgan fingerprint density at radius 2 is 2.07 bits per heavy atom. The molecule has 0 aliphatic rings. The van der Waals surface area contributed by atoms with Crippen LogP contribution >= 0.6 is 22.6 Å². The number of hydrogen-bond donors (Lipinski definition) is 2. The lowest BCUT2D eigenvalue weighted by atomic mass is 10.1. The number of rotatable bonds is 2. The van der Waals surface area contributed by atoms with Gasteiger partial charge in [-0.3, -0.25) is 10.6 Å². The smallest absolute Gasteiger partial charge is 0.216 e. The predicted octanol–water partition coefficient (Wildman–Crippen LogP) is 2.06. The van der Waals surface area contributed by atoms with Gasteiger partial charge in [-0.2, -0.15) is 0 Å². The Morgan fingerprint density at radius 1 is 1.43 bits per heavy atom. The minimum atomic E-state index is -0.0556. The Morgan fingerprint density at radius 3 is 2.57 bits per heavy atom. The highest BCUT2D eigenvalue weighted by Crippen LogP contribution is 2.15. The molecule has 3 N–H and O–H groups in total. The fraction of sp³-hybridized carbons (Fsp3) is 0.300. The highest BCUT2D eigenvalue weighted by Gasteiger charge is 2.04. The molecule has 76 valence electrons. The Balaban J connectivity index is 3.44. The summed E-state index contributed by atoms with van der Waals surface area (Å²) in [4.78, 5) is 11.6. The van der Waals surface area contributed by atoms with Gasteiger partial charge in [-0.1, -0.05) is 19.9 Å². The number of halogens is 1. The monoisotopic (exact) mass is 304 g/mol. The minimum Gasteiger partial charge on any atom is -0.321 e. The van der Waals surface area contributed by atoms with Crippen LogP contribution in [-0.4, -0.2) is 0 Å². The predicted molar refractivity (Wildman–Crippen MR) is 67.3 cm³/mol. The largest absolute Gasteiger partial charge is 0.321 e. The Kier molecular flexibility index (Phi) is 3.88. The molecule has 0 saturated carbocycles. The van der Waals surface area contributed by atoms with Gasteiger partial charge in [-0.25, -0.2) is 0 Å². The molecule has 0 aliphatic heterocycles. The quantitative estimate of drug-likeness (QED) is 0.499. The third kappa shape index (κ3) is 2.45. The Labute approximate surface area is 96.8 Å². The van der Waals surface area contributed by atoms with Crippen molar-refractivity contribution < 1.29 is 0 Å². The van der Waals surface area contributed by atoms with Crippen molar-refractivity contribution in [2.45, 2.75) is 19.8 Å². The van der Waals surface area contributed by atoms with Gasteiger partial charge in [-0.05, 0) is 46.2 Å². The molecule has 1 aromatic carbocycles. The zero-order chi connectivity index (χ0) is 10.7. The van der Waals surface area contributed by atoms with Crippen LogP contribution in [0.2, 0.25) is 0 Å². The first-order chi connectivity index (χ1) is 6.56. The lowest BCUT2D eigenvalue weighted by Crippen LogP contribution is -2.16. The number of nitrogens with one attached hydrogen (secondary N) is 1. The Hall–Kier alpha value is -0.620. The van der Waals surface area contributed by atoms with E-state index in [1.165, 1.54) is 0 Å². The summed E-state index contributed by atoms with van der Waals surface area (Å²) < 4.78 is 0.669. The van der Waals surface area contributed by atoms with Crippen molar-refractivity contribution in [2.75, 3.05) is 5.43 Å². The molecule has 0 spiro atoms. The van der Waals surface area contributed by atoms with Crippen molar-refractivity contribution in [3.05, 3.63) is 37.6 Å². The molecular weight excluding hydrogens is 291 g/mol. The molecule has 4 heteroatoms. The maximum absolute atomic E-state index is 11.6. The van der Waals surface area contributed by atoms with E-state index in [2.05, 4.69) is 19.3 Å². The van der Waals surface area contributed by atoms with Crippen molar-refractivity contribution in [2.24, 2.45) is 5.84 Å². The van der Waals surface area contributed by atoms with E-state index >= 15 is 0 Å². The van der Waals surface area contributed by atoms with Crippen LogP contribution in [0.1, 0.15) is 25.3 Å². The van der Waals surface area contributed by atoms with Gasteiger partial charge < -0.3 is 5.43 Å². The molecular formula is C10H13IN2O. The second-order valence-corrected chi connectivity index (χ2v) is 4.53. The van der Waals surface area contributed by atoms with Gasteiger partial charge in [0.15, 0.2) is 0 Å². The zero-order valence-corrected chi connectivity index (χ0v) is 10.3. The number of anilines is 1. The van der Waals surface area contributed by atoms with E-state index in [0.717, 1.165) is 5.56 Å². The van der Waals surface area contributed by atoms with Crippen molar-refractivity contribution >= 4 is 28.3 Å². The summed E-state index contributed by atoms with van der Waals surface area (Å²) in [5.74, 6) is 5.67. The lowest BCUT2D eigenvalue weighted by Gasteiger charge is -2.02. The molecule has 0 aromatic heterocycles. The molecule has 0 radical (unpaired) electrons. The van der Waals surface area contributed by atoms with Crippen LogP contribution in [0, 0.1) is 3.57 Å². The number of hydrogen-bond acceptors (Lipinski definition) is 3. The van der Waals surface area contributed by atoms with Crippen LogP contribution in [0.3, 0.4) is 0 Å². The minimum absolute atomic E-state index is 0.0556. The van der Waals surface area contributed by atoms with Gasteiger partial charge in [0.25, 0.3) is 0 Å². The molecule has 0 amide bonds. The highest BCUT2D eigenvalue weighted by molar-refractivity contribution is 14.1. The molecule has 1 aromatic rings. The van der Waals surface area contributed by atoms with Gasteiger partial charge in [0.2, 0.25) is 5.43 Å². The van der Waals surface area contributed by atoms with Gasteiger partial charge in [0.05, 0.1) is 9.26 Å². The maximum atomic E-state index is 11.6. The average Bonchev–Trinajstić information content (AvgIpc) is 2.28. The highest BCUT2D eigenvalue weighted by atomic mass is 127. The molecule has 14 heavy (non-hydrogen) atoms. The molecule has 0 unspecified atom stereocenters. The van der Waals surface area contributed by atoms with Gasteiger partial charge in [-0.15, -0.1) is 0 Å². The summed E-state index contributed by atoms with van der Waals surface area (Å²) in [7, 11) is 0. The van der Waals surface area contributed by atoms with Crippen LogP contribution in [0.5, 0.6) is 0 Å². The van der Waals surface area contributed by atoms with Crippen LogP contribution in [-0.2, 0) is 0 Å². The zero-order valence-electron chi connectivity index (χ0n) is 8.17. The number of hydrazine groups is 1. The average molecular weight is 304 g/mol. The van der Waals surface area contributed by atoms with E-state index in [-0.39, 0.29) is 5.43 Å². The molecule has 0 fully saturated rings. The number of nitrogens with two attached hydrogens (primary N) is 1. The van der Waals surface area contributed by atoms with E-state index in [1.54, 1.807) is 6.07 Å². The Bertz CT molecular complexity index is 390. The molecule has 0 bridgehead atoms. The van der Waals surface area contributed by atoms with Crippen LogP contribution in [0.4, 0.5) is 5.69 Å². The first-order valence-corrected chi connectivity index (χ1v) is 5.44. The first kappa shape index (κ1) is 11.5. The SMILES string of the molecule is CC(C)c1ccc(I)c(=O)c(NN)c1. The van der Waals surface area contributed by atoms with Crippen LogP contribution in [0.25, 0.3) is 0 Å². The molecule has 0 atom stereocenters. The van der Waals surface area contributed by atoms with E-state index < -0.39 is 0 Å². The summed E-state index contributed by atoms with van der Waals surface area (Å²) in [6.45, 7) is 4.15. The summed E-state index contributed by atoms with van der Waals surface area (Å²) in [6, 6.07) is 5.57. The third-order valence-electron chi connectivity index (χ3n) is 2.02. The van der Waals surface area contributed by atoms with Gasteiger partial charge >= 0.3 is 0 Å². The summed E-state index contributed by atoms with van der Waals surface area (Å²) in [5.41, 5.74) is 3.92. The van der Waals surface area contributed by atoms with Crippen molar-refractivity contribution in [3.63, 3.8) is 0 Å². The van der Waals surface area contributed by atoms with E-state index in [4.69, 9.17) is 5.84 Å². The topological polar surface area (TPSA) is 55.1 Å². The van der Waals surface area contributed by atoms with Crippen molar-refractivity contribution in [1.29, 1.82) is 0 Å². The normalized spacial score (nSPS) is 10.4. The van der Waals surface area contributed by atoms with E-state index in [1.807, 2.05) is 34.7 Å². The fourth-order valence-corrected chi connectivity index (χ4v) is 1.59. The van der Waals surface area contributed by atoms with Crippen molar-refractivity contribution in [3.8, 4) is 0 Å². The molecule has 1 rings (SSSR count). The van der Waals surface area contributed by atoms with Gasteiger partial charge in [0.1, 0.15) is 0 Å².